The van der Waals surface area contributed by atoms with Crippen LogP contribution in [0, 0.1) is 0 Å². The molecule has 0 aromatic carbocycles. The number of hydrogen-bond acceptors (Lipinski definition) is 8. The molecule has 0 saturated carbocycles. The second-order valence-corrected chi connectivity index (χ2v) is 25.3. The first kappa shape index (κ1) is 74.5. The van der Waals surface area contributed by atoms with Crippen LogP contribution >= 0.6 is 7.82 Å². The highest BCUT2D eigenvalue weighted by Crippen LogP contribution is 2.38. The zero-order chi connectivity index (χ0) is 55.6. The zero-order valence-electron chi connectivity index (χ0n) is 51.2. The number of unbranched alkanes of at least 4 members (excludes halogenated alkanes) is 44. The lowest BCUT2D eigenvalue weighted by atomic mass is 10.0. The Hall–Kier alpha value is -1.51. The molecule has 0 fully saturated rings. The Morgan fingerprint density at radius 3 is 1.04 bits per heavy atom. The van der Waals surface area contributed by atoms with E-state index in [1.54, 1.807) is 0 Å². The minimum absolute atomic E-state index is 0.0265. The molecule has 76 heavy (non-hydrogen) atoms. The Morgan fingerprint density at radius 1 is 0.408 bits per heavy atom. The van der Waals surface area contributed by atoms with Gasteiger partial charge in [-0.25, -0.2) is 0 Å². The third kappa shape index (κ3) is 61.7. The van der Waals surface area contributed by atoms with E-state index in [4.69, 9.17) is 18.5 Å². The van der Waals surface area contributed by atoms with Crippen LogP contribution in [0.3, 0.4) is 0 Å². The fourth-order valence-electron chi connectivity index (χ4n) is 9.87. The standard InChI is InChI=1S/C66H128NO8P/c1-6-8-10-12-14-16-18-20-22-24-25-26-27-28-29-30-31-32-33-34-35-36-37-38-39-40-41-43-45-47-49-51-53-55-57-59-66(69)75-64(63-74-76(70,71)73-61-60-67(3,4)5)62-72-65(68)58-56-54-52-50-48-46-44-42-23-21-19-17-15-13-11-9-7-2/h18,20,24-25,64H,6-17,19,21-23,26-63H2,1-5H3/b20-18-,25-24-. The number of ether oxygens (including phenoxy) is 2. The quantitative estimate of drug-likeness (QED) is 0.0195. The molecule has 2 atom stereocenters. The maximum atomic E-state index is 12.8. The lowest BCUT2D eigenvalue weighted by molar-refractivity contribution is -0.870. The van der Waals surface area contributed by atoms with Crippen LogP contribution in [0.25, 0.3) is 0 Å². The number of esters is 2. The molecule has 0 heterocycles. The second-order valence-electron chi connectivity index (χ2n) is 23.8. The van der Waals surface area contributed by atoms with E-state index < -0.39 is 26.5 Å². The molecule has 0 aliphatic heterocycles. The van der Waals surface area contributed by atoms with Gasteiger partial charge in [0.2, 0.25) is 0 Å². The largest absolute Gasteiger partial charge is 0.756 e. The maximum absolute atomic E-state index is 12.8. The van der Waals surface area contributed by atoms with Crippen molar-refractivity contribution in [2.45, 2.75) is 341 Å². The first-order valence-corrected chi connectivity index (χ1v) is 34.5. The van der Waals surface area contributed by atoms with Crippen molar-refractivity contribution in [3.8, 4) is 0 Å². The SMILES string of the molecule is CCCCCCC/C=C\C/C=C\CCCCCCCCCCCCCCCCCCCCCCCCCC(=O)OC(COC(=O)CCCCCCCCCCCCCCCCCCC)COP(=O)([O-])OCC[N+](C)(C)C. The van der Waals surface area contributed by atoms with Crippen molar-refractivity contribution in [1.29, 1.82) is 0 Å². The molecule has 450 valence electrons. The van der Waals surface area contributed by atoms with Gasteiger partial charge in [0.25, 0.3) is 7.82 Å². The number of nitrogens with zero attached hydrogens (tertiary/aromatic N) is 1. The van der Waals surface area contributed by atoms with Gasteiger partial charge in [0.1, 0.15) is 19.8 Å². The van der Waals surface area contributed by atoms with Crippen LogP contribution < -0.4 is 4.89 Å². The second kappa shape index (κ2) is 58.2. The van der Waals surface area contributed by atoms with E-state index in [-0.39, 0.29) is 32.0 Å². The highest BCUT2D eigenvalue weighted by atomic mass is 31.2. The van der Waals surface area contributed by atoms with Gasteiger partial charge >= 0.3 is 11.9 Å². The average Bonchev–Trinajstić information content (AvgIpc) is 3.38. The van der Waals surface area contributed by atoms with E-state index >= 15 is 0 Å². The zero-order valence-corrected chi connectivity index (χ0v) is 52.1. The first-order chi connectivity index (χ1) is 37.0. The maximum Gasteiger partial charge on any atom is 0.306 e. The summed E-state index contributed by atoms with van der Waals surface area (Å²) in [6, 6.07) is 0. The molecule has 10 heteroatoms. The van der Waals surface area contributed by atoms with Gasteiger partial charge in [-0.15, -0.1) is 0 Å². The Bertz CT molecular complexity index is 1330. The van der Waals surface area contributed by atoms with Crippen molar-refractivity contribution in [1.82, 2.24) is 0 Å². The van der Waals surface area contributed by atoms with Crippen LogP contribution in [0.2, 0.25) is 0 Å². The van der Waals surface area contributed by atoms with Gasteiger partial charge in [0.05, 0.1) is 27.7 Å². The van der Waals surface area contributed by atoms with Crippen molar-refractivity contribution in [3.05, 3.63) is 24.3 Å². The molecule has 9 nitrogen and oxygen atoms in total. The summed E-state index contributed by atoms with van der Waals surface area (Å²) in [5, 5.41) is 0. The molecule has 0 aliphatic carbocycles. The lowest BCUT2D eigenvalue weighted by Crippen LogP contribution is -2.37. The summed E-state index contributed by atoms with van der Waals surface area (Å²) in [6.07, 6.45) is 71.1. The van der Waals surface area contributed by atoms with E-state index in [1.807, 2.05) is 21.1 Å². The number of likely N-dealkylation sites (N-methyl/N-ethyl adjacent to an activating group) is 1. The van der Waals surface area contributed by atoms with Crippen LogP contribution in [0.15, 0.2) is 24.3 Å². The third-order valence-corrected chi connectivity index (χ3v) is 15.9. The van der Waals surface area contributed by atoms with Crippen molar-refractivity contribution in [3.63, 3.8) is 0 Å². The number of quaternary nitrogens is 1. The molecule has 0 radical (unpaired) electrons. The molecule has 0 aromatic heterocycles. The van der Waals surface area contributed by atoms with Crippen LogP contribution in [0.4, 0.5) is 0 Å². The van der Waals surface area contributed by atoms with E-state index in [9.17, 15) is 19.0 Å². The summed E-state index contributed by atoms with van der Waals surface area (Å²) in [5.41, 5.74) is 0. The van der Waals surface area contributed by atoms with Gasteiger partial charge in [-0.05, 0) is 44.9 Å². The summed E-state index contributed by atoms with van der Waals surface area (Å²) < 4.78 is 34.2. The fraction of sp³-hybridized carbons (Fsp3) is 0.909. The fourth-order valence-corrected chi connectivity index (χ4v) is 10.6. The van der Waals surface area contributed by atoms with Gasteiger partial charge in [-0.2, -0.15) is 0 Å². The Morgan fingerprint density at radius 2 is 0.711 bits per heavy atom. The summed E-state index contributed by atoms with van der Waals surface area (Å²) in [7, 11) is 1.19. The molecule has 0 aliphatic rings. The number of allylic oxidation sites excluding steroid dienone is 4. The normalized spacial score (nSPS) is 13.3. The van der Waals surface area contributed by atoms with E-state index in [2.05, 4.69) is 38.2 Å². The molecular formula is C66H128NO8P. The average molecular weight is 1090 g/mol. The third-order valence-electron chi connectivity index (χ3n) is 15.0. The predicted molar refractivity (Wildman–Crippen MR) is 324 cm³/mol. The van der Waals surface area contributed by atoms with Crippen LogP contribution in [-0.4, -0.2) is 70.0 Å². The molecule has 2 unspecified atom stereocenters. The molecular weight excluding hydrogens is 966 g/mol. The number of hydrogen-bond donors (Lipinski definition) is 0. The summed E-state index contributed by atoms with van der Waals surface area (Å²) in [6.45, 7) is 4.29. The van der Waals surface area contributed by atoms with E-state index in [0.717, 1.165) is 38.5 Å². The molecule has 0 bridgehead atoms. The van der Waals surface area contributed by atoms with Gasteiger partial charge < -0.3 is 27.9 Å². The van der Waals surface area contributed by atoms with Crippen molar-refractivity contribution in [2.75, 3.05) is 47.5 Å². The van der Waals surface area contributed by atoms with Gasteiger partial charge in [0, 0.05) is 12.8 Å². The number of phosphoric acid groups is 1. The summed E-state index contributed by atoms with van der Waals surface area (Å²) in [4.78, 5) is 37.9. The highest BCUT2D eigenvalue weighted by molar-refractivity contribution is 7.45. The highest BCUT2D eigenvalue weighted by Gasteiger charge is 2.22. The van der Waals surface area contributed by atoms with Crippen molar-refractivity contribution in [2.24, 2.45) is 0 Å². The minimum atomic E-state index is -4.63. The van der Waals surface area contributed by atoms with Crippen LogP contribution in [0.1, 0.15) is 335 Å². The van der Waals surface area contributed by atoms with Gasteiger partial charge in [-0.3, -0.25) is 14.2 Å². The van der Waals surface area contributed by atoms with E-state index in [1.165, 1.54) is 263 Å². The minimum Gasteiger partial charge on any atom is -0.756 e. The molecule has 0 spiro atoms. The number of carbonyl (C=O) groups is 2. The first-order valence-electron chi connectivity index (χ1n) is 33.0. The molecule has 0 aromatic rings. The van der Waals surface area contributed by atoms with Crippen molar-refractivity contribution < 1.29 is 42.1 Å². The lowest BCUT2D eigenvalue weighted by Gasteiger charge is -2.28. The topological polar surface area (TPSA) is 111 Å². The number of phosphoric ester groups is 1. The van der Waals surface area contributed by atoms with Crippen LogP contribution in [-0.2, 0) is 32.7 Å². The van der Waals surface area contributed by atoms with Gasteiger partial charge in [0.15, 0.2) is 6.10 Å². The van der Waals surface area contributed by atoms with E-state index in [0.29, 0.717) is 17.4 Å². The van der Waals surface area contributed by atoms with Gasteiger partial charge in [-0.1, -0.05) is 301 Å². The predicted octanol–water partition coefficient (Wildman–Crippen LogP) is 20.3. The Balaban J connectivity index is 3.94. The van der Waals surface area contributed by atoms with Crippen LogP contribution in [0.5, 0.6) is 0 Å². The summed E-state index contributed by atoms with van der Waals surface area (Å²) in [5.74, 6) is -0.811. The Labute approximate surface area is 472 Å². The number of carbonyl (C=O) groups excluding carboxylic acids is 2. The Kier molecular flexibility index (Phi) is 57.0. The van der Waals surface area contributed by atoms with Crippen molar-refractivity contribution >= 4 is 19.8 Å². The molecule has 0 saturated heterocycles. The smallest absolute Gasteiger partial charge is 0.306 e. The monoisotopic (exact) mass is 1090 g/mol. The molecule has 0 rings (SSSR count). The summed E-state index contributed by atoms with van der Waals surface area (Å²) >= 11 is 0. The molecule has 0 N–H and O–H groups in total. The molecule has 0 amide bonds. The number of rotatable bonds is 62.